The minimum absolute atomic E-state index is 0.108. The van der Waals surface area contributed by atoms with Crippen LogP contribution in [0.4, 0.5) is 4.79 Å². The third-order valence-corrected chi connectivity index (χ3v) is 3.38. The Morgan fingerprint density at radius 1 is 1.67 bits per heavy atom. The van der Waals surface area contributed by atoms with E-state index in [1.165, 1.54) is 16.7 Å². The van der Waals surface area contributed by atoms with Crippen LogP contribution in [-0.4, -0.2) is 52.3 Å². The molecule has 0 aromatic rings. The van der Waals surface area contributed by atoms with E-state index in [1.54, 1.807) is 0 Å². The monoisotopic (exact) mass is 233 g/mol. The number of carbonyl (C=O) groups excluding carboxylic acids is 1. The molecule has 7 heteroatoms. The number of rotatable bonds is 3. The number of urea groups is 1. The Bertz CT molecular complexity index is 262. The lowest BCUT2D eigenvalue weighted by Crippen LogP contribution is -2.50. The predicted octanol–water partition coefficient (Wildman–Crippen LogP) is -0.497. The highest BCUT2D eigenvalue weighted by Crippen LogP contribution is 2.28. The molecular formula is C8H15N3O3S. The summed E-state index contributed by atoms with van der Waals surface area (Å²) in [7, 11) is 0. The van der Waals surface area contributed by atoms with Crippen LogP contribution < -0.4 is 11.1 Å². The molecule has 4 N–H and O–H groups in total. The number of carboxylic acid groups (broad SMARTS) is 1. The van der Waals surface area contributed by atoms with E-state index < -0.39 is 12.0 Å². The second-order valence-electron chi connectivity index (χ2n) is 3.21. The first-order valence-electron chi connectivity index (χ1n) is 4.68. The number of carbonyl (C=O) groups is 2. The van der Waals surface area contributed by atoms with Crippen molar-refractivity contribution in [2.24, 2.45) is 5.73 Å². The fourth-order valence-corrected chi connectivity index (χ4v) is 2.58. The van der Waals surface area contributed by atoms with Gasteiger partial charge in [-0.1, -0.05) is 0 Å². The highest BCUT2D eigenvalue weighted by molar-refractivity contribution is 8.00. The van der Waals surface area contributed by atoms with Crippen LogP contribution in [0.25, 0.3) is 0 Å². The van der Waals surface area contributed by atoms with Crippen molar-refractivity contribution >= 4 is 23.8 Å². The summed E-state index contributed by atoms with van der Waals surface area (Å²) >= 11 is 1.46. The summed E-state index contributed by atoms with van der Waals surface area (Å²) in [5, 5.41) is 11.4. The Hall–Kier alpha value is -0.950. The summed E-state index contributed by atoms with van der Waals surface area (Å²) in [6, 6.07) is -1.09. The van der Waals surface area contributed by atoms with Crippen LogP contribution in [0.15, 0.2) is 0 Å². The maximum atomic E-state index is 11.6. The van der Waals surface area contributed by atoms with Gasteiger partial charge in [0.2, 0.25) is 0 Å². The first-order chi connectivity index (χ1) is 7.07. The number of aliphatic carboxylic acids is 1. The molecule has 0 aliphatic carbocycles. The van der Waals surface area contributed by atoms with Crippen molar-refractivity contribution in [3.63, 3.8) is 0 Å². The Balaban J connectivity index is 2.63. The summed E-state index contributed by atoms with van der Waals surface area (Å²) in [6.45, 7) is 2.52. The first kappa shape index (κ1) is 12.1. The zero-order valence-corrected chi connectivity index (χ0v) is 9.29. The lowest BCUT2D eigenvalue weighted by molar-refractivity contribution is -0.141. The van der Waals surface area contributed by atoms with Crippen LogP contribution in [0.2, 0.25) is 0 Å². The number of nitrogens with one attached hydrogen (secondary N) is 1. The molecule has 1 heterocycles. The molecule has 1 fully saturated rings. The molecule has 1 aliphatic rings. The largest absolute Gasteiger partial charge is 0.480 e. The van der Waals surface area contributed by atoms with Crippen LogP contribution in [0.5, 0.6) is 0 Å². The number of carboxylic acids is 1. The van der Waals surface area contributed by atoms with E-state index >= 15 is 0 Å². The van der Waals surface area contributed by atoms with Crippen molar-refractivity contribution in [3.05, 3.63) is 0 Å². The second-order valence-corrected chi connectivity index (χ2v) is 4.56. The average molecular weight is 233 g/mol. The molecule has 0 aromatic heterocycles. The van der Waals surface area contributed by atoms with Gasteiger partial charge in [0.1, 0.15) is 6.04 Å². The van der Waals surface area contributed by atoms with Gasteiger partial charge < -0.3 is 16.2 Å². The van der Waals surface area contributed by atoms with Crippen LogP contribution in [0, 0.1) is 0 Å². The zero-order valence-electron chi connectivity index (χ0n) is 8.47. The summed E-state index contributed by atoms with van der Waals surface area (Å²) in [5.41, 5.74) is 5.25. The Morgan fingerprint density at radius 2 is 2.33 bits per heavy atom. The number of amides is 2. The molecule has 15 heavy (non-hydrogen) atoms. The summed E-state index contributed by atoms with van der Waals surface area (Å²) < 4.78 is 0. The van der Waals surface area contributed by atoms with Crippen LogP contribution in [0.3, 0.4) is 0 Å². The molecule has 0 aromatic carbocycles. The van der Waals surface area contributed by atoms with Gasteiger partial charge in [-0.3, -0.25) is 4.90 Å². The molecule has 0 bridgehead atoms. The molecule has 0 radical (unpaired) electrons. The van der Waals surface area contributed by atoms with E-state index in [0.717, 1.165) is 0 Å². The number of nitrogens with two attached hydrogens (primary N) is 1. The minimum atomic E-state index is -0.963. The van der Waals surface area contributed by atoms with E-state index in [1.807, 2.05) is 6.92 Å². The van der Waals surface area contributed by atoms with Crippen LogP contribution in [-0.2, 0) is 4.79 Å². The van der Waals surface area contributed by atoms with Crippen LogP contribution in [0.1, 0.15) is 6.92 Å². The fourth-order valence-electron chi connectivity index (χ4n) is 1.41. The summed E-state index contributed by atoms with van der Waals surface area (Å²) in [5.74, 6) is -0.526. The maximum Gasteiger partial charge on any atom is 0.327 e. The zero-order chi connectivity index (χ0) is 11.4. The number of hydrogen-bond acceptors (Lipinski definition) is 4. The standard InChI is InChI=1S/C8H15N3O3S/c1-5-11(8(14)10-3-2-9)6(4-15-5)7(12)13/h5-6H,2-4,9H2,1H3,(H,10,14)(H,12,13). The summed E-state index contributed by atoms with van der Waals surface area (Å²) in [6.07, 6.45) is 0. The van der Waals surface area contributed by atoms with Gasteiger partial charge in [0.25, 0.3) is 0 Å². The van der Waals surface area contributed by atoms with Gasteiger partial charge >= 0.3 is 12.0 Å². The minimum Gasteiger partial charge on any atom is -0.480 e. The quantitative estimate of drug-likeness (QED) is 0.611. The second kappa shape index (κ2) is 5.22. The van der Waals surface area contributed by atoms with E-state index in [0.29, 0.717) is 18.8 Å². The van der Waals surface area contributed by atoms with Gasteiger partial charge in [0.15, 0.2) is 0 Å². The molecule has 1 saturated heterocycles. The van der Waals surface area contributed by atoms with Gasteiger partial charge in [-0.15, -0.1) is 11.8 Å². The van der Waals surface area contributed by atoms with Crippen molar-refractivity contribution in [2.75, 3.05) is 18.8 Å². The normalized spacial score (nSPS) is 25.3. The SMILES string of the molecule is CC1SCC(C(=O)O)N1C(=O)NCCN. The lowest BCUT2D eigenvalue weighted by Gasteiger charge is -2.25. The average Bonchev–Trinajstić information content (AvgIpc) is 2.56. The predicted molar refractivity (Wildman–Crippen MR) is 57.6 cm³/mol. The Kier molecular flexibility index (Phi) is 4.22. The summed E-state index contributed by atoms with van der Waals surface area (Å²) in [4.78, 5) is 23.8. The molecule has 6 nitrogen and oxygen atoms in total. The van der Waals surface area contributed by atoms with E-state index in [4.69, 9.17) is 10.8 Å². The van der Waals surface area contributed by atoms with Crippen molar-refractivity contribution in [3.8, 4) is 0 Å². The van der Waals surface area contributed by atoms with E-state index in [2.05, 4.69) is 5.32 Å². The molecule has 0 spiro atoms. The third-order valence-electron chi connectivity index (χ3n) is 2.16. The smallest absolute Gasteiger partial charge is 0.327 e. The van der Waals surface area contributed by atoms with Crippen molar-refractivity contribution < 1.29 is 14.7 Å². The molecule has 2 unspecified atom stereocenters. The van der Waals surface area contributed by atoms with Crippen LogP contribution >= 0.6 is 11.8 Å². The fraction of sp³-hybridized carbons (Fsp3) is 0.750. The topological polar surface area (TPSA) is 95.7 Å². The van der Waals surface area contributed by atoms with Gasteiger partial charge in [-0.25, -0.2) is 9.59 Å². The highest BCUT2D eigenvalue weighted by atomic mass is 32.2. The van der Waals surface area contributed by atoms with Crippen molar-refractivity contribution in [2.45, 2.75) is 18.3 Å². The van der Waals surface area contributed by atoms with Crippen molar-refractivity contribution in [1.82, 2.24) is 10.2 Å². The van der Waals surface area contributed by atoms with Gasteiger partial charge in [-0.05, 0) is 6.92 Å². The molecule has 1 aliphatic heterocycles. The van der Waals surface area contributed by atoms with Gasteiger partial charge in [0, 0.05) is 18.8 Å². The Labute approximate surface area is 92.2 Å². The van der Waals surface area contributed by atoms with E-state index in [9.17, 15) is 9.59 Å². The molecule has 2 amide bonds. The maximum absolute atomic E-state index is 11.6. The number of hydrogen-bond donors (Lipinski definition) is 3. The molecule has 86 valence electrons. The van der Waals surface area contributed by atoms with Gasteiger partial charge in [-0.2, -0.15) is 0 Å². The number of thioether (sulfide) groups is 1. The Morgan fingerprint density at radius 3 is 2.87 bits per heavy atom. The molecule has 1 rings (SSSR count). The first-order valence-corrected chi connectivity index (χ1v) is 5.73. The lowest BCUT2D eigenvalue weighted by atomic mass is 10.3. The molecule has 0 saturated carbocycles. The molecule has 2 atom stereocenters. The third kappa shape index (κ3) is 2.75. The van der Waals surface area contributed by atoms with Gasteiger partial charge in [0.05, 0.1) is 5.37 Å². The van der Waals surface area contributed by atoms with E-state index in [-0.39, 0.29) is 11.4 Å². The van der Waals surface area contributed by atoms with Crippen molar-refractivity contribution in [1.29, 1.82) is 0 Å². The highest BCUT2D eigenvalue weighted by Gasteiger charge is 2.39. The number of nitrogens with zero attached hydrogens (tertiary/aromatic N) is 1. The molecular weight excluding hydrogens is 218 g/mol.